The van der Waals surface area contributed by atoms with Gasteiger partial charge in [-0.15, -0.1) is 6.58 Å². The third kappa shape index (κ3) is 2.77. The van der Waals surface area contributed by atoms with Crippen molar-refractivity contribution < 1.29 is 14.0 Å². The van der Waals surface area contributed by atoms with Gasteiger partial charge >= 0.3 is 0 Å². The molecule has 1 aliphatic heterocycles. The fourth-order valence-corrected chi connectivity index (χ4v) is 2.03. The molecule has 0 aromatic heterocycles. The highest BCUT2D eigenvalue weighted by atomic mass is 19.1. The van der Waals surface area contributed by atoms with Crippen molar-refractivity contribution in [3.05, 3.63) is 60.5 Å². The molecule has 1 aliphatic rings. The van der Waals surface area contributed by atoms with Crippen LogP contribution in [0.15, 0.2) is 49.1 Å². The Bertz CT molecular complexity index is 569. The molecule has 1 aromatic carbocycles. The Morgan fingerprint density at radius 1 is 1.45 bits per heavy atom. The molecule has 2 rings (SSSR count). The minimum Gasteiger partial charge on any atom is -0.351 e. The van der Waals surface area contributed by atoms with Crippen LogP contribution in [-0.4, -0.2) is 35.8 Å². The molecule has 5 heteroatoms. The van der Waals surface area contributed by atoms with Crippen molar-refractivity contribution >= 4 is 11.8 Å². The van der Waals surface area contributed by atoms with E-state index in [9.17, 15) is 14.0 Å². The van der Waals surface area contributed by atoms with Crippen LogP contribution in [0.1, 0.15) is 10.4 Å². The first-order chi connectivity index (χ1) is 9.65. The fourth-order valence-electron chi connectivity index (χ4n) is 2.03. The average Bonchev–Trinajstić information content (AvgIpc) is 2.94. The van der Waals surface area contributed by atoms with Crippen molar-refractivity contribution in [1.29, 1.82) is 0 Å². The standard InChI is InChI=1S/C15H15FN2O2/c1-2-9-17-14(19)13-8-5-10-18(13)15(20)11-6-3-4-7-12(11)16/h2-8,13H,1,9-10H2,(H,17,19)/t13-/m1/s1. The van der Waals surface area contributed by atoms with Gasteiger partial charge in [-0.25, -0.2) is 4.39 Å². The zero-order valence-electron chi connectivity index (χ0n) is 10.9. The largest absolute Gasteiger partial charge is 0.351 e. The summed E-state index contributed by atoms with van der Waals surface area (Å²) in [6.07, 6.45) is 4.91. The summed E-state index contributed by atoms with van der Waals surface area (Å²) in [6.45, 7) is 4.13. The first kappa shape index (κ1) is 14.0. The number of carbonyl (C=O) groups is 2. The molecule has 0 aliphatic carbocycles. The number of halogens is 1. The second-order valence-corrected chi connectivity index (χ2v) is 4.34. The number of hydrogen-bond donors (Lipinski definition) is 1. The van der Waals surface area contributed by atoms with Crippen molar-refractivity contribution in [2.45, 2.75) is 6.04 Å². The molecule has 2 amide bonds. The Morgan fingerprint density at radius 3 is 2.90 bits per heavy atom. The van der Waals surface area contributed by atoms with Gasteiger partial charge in [-0.05, 0) is 12.1 Å². The molecule has 0 saturated carbocycles. The lowest BCUT2D eigenvalue weighted by atomic mass is 10.1. The van der Waals surface area contributed by atoms with Gasteiger partial charge in [-0.1, -0.05) is 30.4 Å². The molecule has 4 nitrogen and oxygen atoms in total. The van der Waals surface area contributed by atoms with Crippen LogP contribution in [0, 0.1) is 5.82 Å². The molecule has 0 spiro atoms. The molecule has 0 saturated heterocycles. The zero-order chi connectivity index (χ0) is 14.5. The highest BCUT2D eigenvalue weighted by Gasteiger charge is 2.31. The number of hydrogen-bond acceptors (Lipinski definition) is 2. The minimum absolute atomic E-state index is 0.0299. The van der Waals surface area contributed by atoms with Gasteiger partial charge in [0.05, 0.1) is 5.56 Å². The predicted octanol–water partition coefficient (Wildman–Crippen LogP) is 1.51. The van der Waals surface area contributed by atoms with E-state index in [1.54, 1.807) is 24.3 Å². The molecule has 20 heavy (non-hydrogen) atoms. The fraction of sp³-hybridized carbons (Fsp3) is 0.200. The van der Waals surface area contributed by atoms with Gasteiger partial charge in [-0.3, -0.25) is 9.59 Å². The summed E-state index contributed by atoms with van der Waals surface area (Å²) in [5.41, 5.74) is -0.0299. The SMILES string of the molecule is C=CCNC(=O)[C@H]1C=CCN1C(=O)c1ccccc1F. The molecule has 0 unspecified atom stereocenters. The molecule has 0 fully saturated rings. The molecule has 1 aromatic rings. The van der Waals surface area contributed by atoms with Crippen LogP contribution in [0.25, 0.3) is 0 Å². The maximum atomic E-state index is 13.6. The third-order valence-corrected chi connectivity index (χ3v) is 3.01. The van der Waals surface area contributed by atoms with E-state index in [4.69, 9.17) is 0 Å². The van der Waals surface area contributed by atoms with Crippen LogP contribution in [0.3, 0.4) is 0 Å². The highest BCUT2D eigenvalue weighted by Crippen LogP contribution is 2.16. The summed E-state index contributed by atoms with van der Waals surface area (Å²) in [7, 11) is 0. The average molecular weight is 274 g/mol. The van der Waals surface area contributed by atoms with E-state index in [0.29, 0.717) is 13.1 Å². The van der Waals surface area contributed by atoms with Crippen molar-refractivity contribution in [3.8, 4) is 0 Å². The van der Waals surface area contributed by atoms with E-state index in [0.717, 1.165) is 0 Å². The van der Waals surface area contributed by atoms with Crippen LogP contribution in [0.2, 0.25) is 0 Å². The summed E-state index contributed by atoms with van der Waals surface area (Å²) in [6, 6.07) is 5.04. The lowest BCUT2D eigenvalue weighted by Crippen LogP contribution is -2.46. The van der Waals surface area contributed by atoms with Gasteiger partial charge in [0, 0.05) is 13.1 Å². The number of carbonyl (C=O) groups excluding carboxylic acids is 2. The van der Waals surface area contributed by atoms with Crippen molar-refractivity contribution in [1.82, 2.24) is 10.2 Å². The van der Waals surface area contributed by atoms with E-state index in [1.807, 2.05) is 0 Å². The second kappa shape index (κ2) is 6.14. The highest BCUT2D eigenvalue weighted by molar-refractivity contribution is 5.99. The Balaban J connectivity index is 2.16. The molecule has 1 heterocycles. The topological polar surface area (TPSA) is 49.4 Å². The number of benzene rings is 1. The van der Waals surface area contributed by atoms with Crippen molar-refractivity contribution in [3.63, 3.8) is 0 Å². The van der Waals surface area contributed by atoms with Crippen molar-refractivity contribution in [2.24, 2.45) is 0 Å². The van der Waals surface area contributed by atoms with E-state index >= 15 is 0 Å². The number of nitrogens with zero attached hydrogens (tertiary/aromatic N) is 1. The Labute approximate surface area is 116 Å². The van der Waals surface area contributed by atoms with Crippen molar-refractivity contribution in [2.75, 3.05) is 13.1 Å². The molecule has 104 valence electrons. The Kier molecular flexibility index (Phi) is 4.30. The number of nitrogens with one attached hydrogen (secondary N) is 1. The normalized spacial score (nSPS) is 17.1. The molecular weight excluding hydrogens is 259 g/mol. The molecule has 0 bridgehead atoms. The van der Waals surface area contributed by atoms with Crippen LogP contribution >= 0.6 is 0 Å². The zero-order valence-corrected chi connectivity index (χ0v) is 10.9. The first-order valence-corrected chi connectivity index (χ1v) is 6.26. The third-order valence-electron chi connectivity index (χ3n) is 3.01. The maximum Gasteiger partial charge on any atom is 0.258 e. The smallest absolute Gasteiger partial charge is 0.258 e. The summed E-state index contributed by atoms with van der Waals surface area (Å²) >= 11 is 0. The summed E-state index contributed by atoms with van der Waals surface area (Å²) in [5, 5.41) is 2.63. The molecular formula is C15H15FN2O2. The van der Waals surface area contributed by atoms with Gasteiger partial charge in [0.15, 0.2) is 0 Å². The molecule has 0 radical (unpaired) electrons. The van der Waals surface area contributed by atoms with Crippen LogP contribution in [0.4, 0.5) is 4.39 Å². The minimum atomic E-state index is -0.706. The predicted molar refractivity (Wildman–Crippen MR) is 73.6 cm³/mol. The quantitative estimate of drug-likeness (QED) is 0.846. The summed E-state index contributed by atoms with van der Waals surface area (Å²) in [5.74, 6) is -1.38. The van der Waals surface area contributed by atoms with Gasteiger partial charge in [-0.2, -0.15) is 0 Å². The maximum absolute atomic E-state index is 13.6. The van der Waals surface area contributed by atoms with Crippen LogP contribution in [0.5, 0.6) is 0 Å². The number of amides is 2. The van der Waals surface area contributed by atoms with E-state index in [2.05, 4.69) is 11.9 Å². The Morgan fingerprint density at radius 2 is 2.20 bits per heavy atom. The molecule has 1 N–H and O–H groups in total. The van der Waals surface area contributed by atoms with Gasteiger partial charge in [0.25, 0.3) is 5.91 Å². The first-order valence-electron chi connectivity index (χ1n) is 6.26. The van der Waals surface area contributed by atoms with Gasteiger partial charge < -0.3 is 10.2 Å². The lowest BCUT2D eigenvalue weighted by molar-refractivity contribution is -0.123. The number of rotatable bonds is 4. The van der Waals surface area contributed by atoms with Crippen LogP contribution in [-0.2, 0) is 4.79 Å². The Hall–Kier alpha value is -2.43. The molecule has 1 atom stereocenters. The van der Waals surface area contributed by atoms with E-state index in [-0.39, 0.29) is 11.5 Å². The van der Waals surface area contributed by atoms with E-state index in [1.165, 1.54) is 23.1 Å². The van der Waals surface area contributed by atoms with Gasteiger partial charge in [0.1, 0.15) is 11.9 Å². The summed E-state index contributed by atoms with van der Waals surface area (Å²) in [4.78, 5) is 25.6. The van der Waals surface area contributed by atoms with Gasteiger partial charge in [0.2, 0.25) is 5.91 Å². The second-order valence-electron chi connectivity index (χ2n) is 4.34. The van der Waals surface area contributed by atoms with E-state index < -0.39 is 17.8 Å². The summed E-state index contributed by atoms with van der Waals surface area (Å²) < 4.78 is 13.6. The van der Waals surface area contributed by atoms with Crippen LogP contribution < -0.4 is 5.32 Å². The monoisotopic (exact) mass is 274 g/mol. The lowest BCUT2D eigenvalue weighted by Gasteiger charge is -2.23.